The number of nitrogens with zero attached hydrogens (tertiary/aromatic N) is 2. The average Bonchev–Trinajstić information content (AvgIpc) is 3.11. The van der Waals surface area contributed by atoms with Gasteiger partial charge in [0.15, 0.2) is 0 Å². The zero-order chi connectivity index (χ0) is 19.4. The molecule has 0 aliphatic carbocycles. The largest absolute Gasteiger partial charge is 0.489 e. The number of para-hydroxylation sites is 1. The van der Waals surface area contributed by atoms with Crippen molar-refractivity contribution < 1.29 is 14.3 Å². The molecule has 6 nitrogen and oxygen atoms in total. The lowest BCUT2D eigenvalue weighted by atomic mass is 10.0. The molecule has 1 N–H and O–H groups in total. The molecule has 0 unspecified atom stereocenters. The molecule has 2 fully saturated rings. The Bertz CT molecular complexity index is 641. The van der Waals surface area contributed by atoms with E-state index in [0.29, 0.717) is 12.5 Å². The summed E-state index contributed by atoms with van der Waals surface area (Å²) in [6.07, 6.45) is 2.51. The van der Waals surface area contributed by atoms with Gasteiger partial charge in [-0.2, -0.15) is 0 Å². The van der Waals surface area contributed by atoms with E-state index in [9.17, 15) is 9.59 Å². The third-order valence-corrected chi connectivity index (χ3v) is 5.64. The fourth-order valence-electron chi connectivity index (χ4n) is 4.21. The molecule has 2 heterocycles. The number of amides is 2. The molecule has 0 spiro atoms. The molecule has 2 aliphatic rings. The van der Waals surface area contributed by atoms with Gasteiger partial charge >= 0.3 is 0 Å². The Labute approximate surface area is 161 Å². The lowest BCUT2D eigenvalue weighted by Gasteiger charge is -2.39. The summed E-state index contributed by atoms with van der Waals surface area (Å²) in [5, 5.41) is 2.80. The zero-order valence-electron chi connectivity index (χ0n) is 16.6. The molecule has 27 heavy (non-hydrogen) atoms. The first-order chi connectivity index (χ1) is 13.0. The first-order valence-electron chi connectivity index (χ1n) is 9.97. The van der Waals surface area contributed by atoms with Gasteiger partial charge in [-0.3, -0.25) is 14.5 Å². The second-order valence-corrected chi connectivity index (χ2v) is 7.83. The van der Waals surface area contributed by atoms with Gasteiger partial charge in [0.2, 0.25) is 11.8 Å². The van der Waals surface area contributed by atoms with Crippen LogP contribution in [0.1, 0.15) is 33.1 Å². The highest BCUT2D eigenvalue weighted by Crippen LogP contribution is 2.29. The third kappa shape index (κ3) is 4.61. The number of carbonyl (C=O) groups excluding carboxylic acids is 2. The van der Waals surface area contributed by atoms with Crippen molar-refractivity contribution >= 4 is 11.8 Å². The summed E-state index contributed by atoms with van der Waals surface area (Å²) in [5.41, 5.74) is 0. The zero-order valence-corrected chi connectivity index (χ0v) is 16.6. The number of piperidine rings is 1. The number of nitrogens with one attached hydrogen (secondary N) is 1. The number of likely N-dealkylation sites (tertiary alicyclic amines) is 2. The molecule has 3 rings (SSSR count). The second kappa shape index (κ2) is 8.74. The van der Waals surface area contributed by atoms with Gasteiger partial charge in [0.05, 0.1) is 6.04 Å². The normalized spacial score (nSPS) is 24.2. The Morgan fingerprint density at radius 2 is 1.81 bits per heavy atom. The number of rotatable bonds is 5. The van der Waals surface area contributed by atoms with Gasteiger partial charge < -0.3 is 15.0 Å². The van der Waals surface area contributed by atoms with Crippen molar-refractivity contribution in [1.82, 2.24) is 15.1 Å². The predicted molar refractivity (Wildman–Crippen MR) is 104 cm³/mol. The lowest BCUT2D eigenvalue weighted by Crippen LogP contribution is -2.52. The van der Waals surface area contributed by atoms with Crippen LogP contribution >= 0.6 is 0 Å². The number of hydrogen-bond donors (Lipinski definition) is 1. The SMILES string of the molecule is CNC(=O)[C@@H]1C[C@H](Oc2ccccc2)CN1C1CCN(C(=O)C(C)C)CC1. The van der Waals surface area contributed by atoms with Crippen LogP contribution in [0.3, 0.4) is 0 Å². The maximum atomic E-state index is 12.5. The van der Waals surface area contributed by atoms with E-state index in [1.54, 1.807) is 7.05 Å². The fourth-order valence-corrected chi connectivity index (χ4v) is 4.21. The van der Waals surface area contributed by atoms with Crippen LogP contribution in [0.15, 0.2) is 30.3 Å². The highest BCUT2D eigenvalue weighted by molar-refractivity contribution is 5.82. The maximum absolute atomic E-state index is 12.5. The van der Waals surface area contributed by atoms with Crippen molar-refractivity contribution in [1.29, 1.82) is 0 Å². The quantitative estimate of drug-likeness (QED) is 0.856. The van der Waals surface area contributed by atoms with E-state index >= 15 is 0 Å². The predicted octanol–water partition coefficient (Wildman–Crippen LogP) is 1.90. The molecule has 1 aromatic rings. The Kier molecular flexibility index (Phi) is 6.37. The monoisotopic (exact) mass is 373 g/mol. The minimum atomic E-state index is -0.166. The van der Waals surface area contributed by atoms with Crippen LogP contribution in [-0.4, -0.2) is 66.5 Å². The maximum Gasteiger partial charge on any atom is 0.237 e. The van der Waals surface area contributed by atoms with Crippen molar-refractivity contribution in [2.24, 2.45) is 5.92 Å². The highest BCUT2D eigenvalue weighted by Gasteiger charge is 2.42. The first-order valence-corrected chi connectivity index (χ1v) is 9.97. The number of benzene rings is 1. The Morgan fingerprint density at radius 1 is 1.15 bits per heavy atom. The van der Waals surface area contributed by atoms with Gasteiger partial charge in [-0.1, -0.05) is 32.0 Å². The van der Waals surface area contributed by atoms with E-state index < -0.39 is 0 Å². The number of hydrogen-bond acceptors (Lipinski definition) is 4. The van der Waals surface area contributed by atoms with Gasteiger partial charge in [0, 0.05) is 45.1 Å². The fraction of sp³-hybridized carbons (Fsp3) is 0.619. The minimum absolute atomic E-state index is 0.00465. The number of likely N-dealkylation sites (N-methyl/N-ethyl adjacent to an activating group) is 1. The summed E-state index contributed by atoms with van der Waals surface area (Å²) in [6, 6.07) is 9.93. The van der Waals surface area contributed by atoms with E-state index in [1.165, 1.54) is 0 Å². The average molecular weight is 373 g/mol. The van der Waals surface area contributed by atoms with Gasteiger partial charge in [-0.25, -0.2) is 0 Å². The molecule has 148 valence electrons. The molecular weight excluding hydrogens is 342 g/mol. The van der Waals surface area contributed by atoms with E-state index in [-0.39, 0.29) is 29.9 Å². The molecule has 0 bridgehead atoms. The van der Waals surface area contributed by atoms with E-state index in [1.807, 2.05) is 49.1 Å². The standard InChI is InChI=1S/C21H31N3O3/c1-15(2)21(26)23-11-9-16(10-12-23)24-14-18(13-19(24)20(25)22-3)27-17-7-5-4-6-8-17/h4-8,15-16,18-19H,9-14H2,1-3H3,(H,22,25)/t18-,19-/m0/s1. The van der Waals surface area contributed by atoms with Crippen LogP contribution in [0.4, 0.5) is 0 Å². The summed E-state index contributed by atoms with van der Waals surface area (Å²) in [5.74, 6) is 1.16. The van der Waals surface area contributed by atoms with Gasteiger partial charge in [-0.15, -0.1) is 0 Å². The number of carbonyl (C=O) groups is 2. The molecule has 2 atom stereocenters. The number of ether oxygens (including phenoxy) is 1. The van der Waals surface area contributed by atoms with Crippen molar-refractivity contribution in [3.63, 3.8) is 0 Å². The topological polar surface area (TPSA) is 61.9 Å². The van der Waals surface area contributed by atoms with Gasteiger partial charge in [0.25, 0.3) is 0 Å². The molecule has 0 aromatic heterocycles. The van der Waals surface area contributed by atoms with Crippen LogP contribution in [0, 0.1) is 5.92 Å². The highest BCUT2D eigenvalue weighted by atomic mass is 16.5. The molecule has 2 saturated heterocycles. The van der Waals surface area contributed by atoms with Gasteiger partial charge in [0.1, 0.15) is 11.9 Å². The summed E-state index contributed by atoms with van der Waals surface area (Å²) in [6.45, 7) is 6.17. The molecular formula is C21H31N3O3. The van der Waals surface area contributed by atoms with E-state index in [0.717, 1.165) is 38.2 Å². The van der Waals surface area contributed by atoms with Crippen molar-refractivity contribution in [2.75, 3.05) is 26.7 Å². The van der Waals surface area contributed by atoms with Crippen LogP contribution < -0.4 is 10.1 Å². The van der Waals surface area contributed by atoms with E-state index in [4.69, 9.17) is 4.74 Å². The van der Waals surface area contributed by atoms with Crippen LogP contribution in [0.2, 0.25) is 0 Å². The molecule has 2 amide bonds. The summed E-state index contributed by atoms with van der Waals surface area (Å²) < 4.78 is 6.13. The Hall–Kier alpha value is -2.08. The first kappa shape index (κ1) is 19.7. The minimum Gasteiger partial charge on any atom is -0.489 e. The Balaban J connectivity index is 1.64. The lowest BCUT2D eigenvalue weighted by molar-refractivity contribution is -0.136. The summed E-state index contributed by atoms with van der Waals surface area (Å²) in [7, 11) is 1.69. The van der Waals surface area contributed by atoms with Crippen molar-refractivity contribution in [3.05, 3.63) is 30.3 Å². The third-order valence-electron chi connectivity index (χ3n) is 5.64. The molecule has 0 saturated carbocycles. The van der Waals surface area contributed by atoms with Crippen LogP contribution in [0.25, 0.3) is 0 Å². The van der Waals surface area contributed by atoms with E-state index in [2.05, 4.69) is 10.2 Å². The molecule has 1 aromatic carbocycles. The van der Waals surface area contributed by atoms with Gasteiger partial charge in [-0.05, 0) is 25.0 Å². The summed E-state index contributed by atoms with van der Waals surface area (Å²) >= 11 is 0. The molecule has 2 aliphatic heterocycles. The molecule has 0 radical (unpaired) electrons. The van der Waals surface area contributed by atoms with Crippen molar-refractivity contribution in [3.8, 4) is 5.75 Å². The smallest absolute Gasteiger partial charge is 0.237 e. The molecule has 6 heteroatoms. The summed E-state index contributed by atoms with van der Waals surface area (Å²) in [4.78, 5) is 28.9. The van der Waals surface area contributed by atoms with Crippen LogP contribution in [0.5, 0.6) is 5.75 Å². The second-order valence-electron chi connectivity index (χ2n) is 7.83. The Morgan fingerprint density at radius 3 is 2.41 bits per heavy atom. The van der Waals surface area contributed by atoms with Crippen molar-refractivity contribution in [2.45, 2.75) is 51.3 Å². The van der Waals surface area contributed by atoms with Crippen LogP contribution in [-0.2, 0) is 9.59 Å².